The van der Waals surface area contributed by atoms with Crippen molar-refractivity contribution in [3.05, 3.63) is 19.7 Å². The molecule has 10 heteroatoms. The maximum absolute atomic E-state index is 12.4. The van der Waals surface area contributed by atoms with Gasteiger partial charge in [0, 0.05) is 17.5 Å². The smallest absolute Gasteiger partial charge is 0.265 e. The van der Waals surface area contributed by atoms with Crippen LogP contribution in [0.2, 0.25) is 0 Å². The summed E-state index contributed by atoms with van der Waals surface area (Å²) in [5, 5.41) is 11.8. The maximum Gasteiger partial charge on any atom is 0.265 e. The molecule has 0 bridgehead atoms. The van der Waals surface area contributed by atoms with Gasteiger partial charge in [0.25, 0.3) is 10.0 Å². The van der Waals surface area contributed by atoms with E-state index in [0.717, 1.165) is 4.88 Å². The first kappa shape index (κ1) is 16.8. The van der Waals surface area contributed by atoms with Gasteiger partial charge in [-0.15, -0.1) is 21.5 Å². The molecule has 0 aliphatic rings. The van der Waals surface area contributed by atoms with E-state index < -0.39 is 10.0 Å². The van der Waals surface area contributed by atoms with Gasteiger partial charge in [-0.25, -0.2) is 8.42 Å². The van der Waals surface area contributed by atoms with Gasteiger partial charge >= 0.3 is 0 Å². The molecule has 0 aliphatic heterocycles. The Bertz CT molecular complexity index is 724. The fourth-order valence-electron chi connectivity index (χ4n) is 1.48. The second-order valence-corrected chi connectivity index (χ2v) is 9.91. The van der Waals surface area contributed by atoms with Gasteiger partial charge in [0.1, 0.15) is 9.90 Å². The zero-order valence-corrected chi connectivity index (χ0v) is 15.7. The van der Waals surface area contributed by atoms with Gasteiger partial charge in [-0.1, -0.05) is 25.2 Å². The van der Waals surface area contributed by atoms with E-state index in [2.05, 4.69) is 36.2 Å². The lowest BCUT2D eigenvalue weighted by molar-refractivity contribution is 0.592. The van der Waals surface area contributed by atoms with Gasteiger partial charge in [0.15, 0.2) is 0 Å². The number of thiophene rings is 1. The minimum atomic E-state index is -3.65. The molecular weight excluding hydrogens is 396 g/mol. The number of nitrogens with one attached hydrogen (secondary N) is 2. The molecule has 0 unspecified atom stereocenters. The molecule has 0 atom stereocenters. The fraction of sp³-hybridized carbons (Fsp3) is 0.455. The molecule has 6 nitrogen and oxygen atoms in total. The Kier molecular flexibility index (Phi) is 5.36. The lowest BCUT2D eigenvalue weighted by atomic mass is 10.4. The molecule has 0 fully saturated rings. The first-order valence-corrected chi connectivity index (χ1v) is 10.0. The minimum absolute atomic E-state index is 0.223. The van der Waals surface area contributed by atoms with Crippen LogP contribution >= 0.6 is 38.6 Å². The van der Waals surface area contributed by atoms with Gasteiger partial charge in [-0.2, -0.15) is 0 Å². The molecular formula is C11H15BrN4O2S3. The number of anilines is 1. The number of hydrogen-bond acceptors (Lipinski definition) is 7. The van der Waals surface area contributed by atoms with E-state index in [9.17, 15) is 8.42 Å². The highest BCUT2D eigenvalue weighted by Crippen LogP contribution is 2.33. The summed E-state index contributed by atoms with van der Waals surface area (Å²) in [6.45, 7) is 6.49. The highest BCUT2D eigenvalue weighted by Gasteiger charge is 2.22. The lowest BCUT2D eigenvalue weighted by Gasteiger charge is -2.05. The Labute approximate surface area is 140 Å². The average molecular weight is 411 g/mol. The van der Waals surface area contributed by atoms with E-state index in [1.54, 1.807) is 13.0 Å². The van der Waals surface area contributed by atoms with Crippen molar-refractivity contribution in [2.75, 3.05) is 4.72 Å². The zero-order valence-electron chi connectivity index (χ0n) is 11.7. The summed E-state index contributed by atoms with van der Waals surface area (Å²) in [7, 11) is -3.65. The van der Waals surface area contributed by atoms with E-state index in [1.807, 2.05) is 13.8 Å². The molecule has 0 spiro atoms. The molecule has 0 aromatic carbocycles. The van der Waals surface area contributed by atoms with E-state index in [-0.39, 0.29) is 10.0 Å². The topological polar surface area (TPSA) is 84.0 Å². The normalized spacial score (nSPS) is 12.0. The number of halogens is 1. The molecule has 2 heterocycles. The van der Waals surface area contributed by atoms with Gasteiger partial charge in [-0.05, 0) is 28.9 Å². The van der Waals surface area contributed by atoms with Crippen molar-refractivity contribution in [3.63, 3.8) is 0 Å². The van der Waals surface area contributed by atoms with Crippen LogP contribution in [0.25, 0.3) is 0 Å². The Morgan fingerprint density at radius 1 is 1.33 bits per heavy atom. The number of sulfonamides is 1. The van der Waals surface area contributed by atoms with E-state index in [1.165, 1.54) is 22.7 Å². The first-order chi connectivity index (χ1) is 9.78. The largest absolute Gasteiger partial charge is 0.310 e. The van der Waals surface area contributed by atoms with Crippen LogP contribution in [0, 0.1) is 6.92 Å². The molecule has 2 N–H and O–H groups in total. The summed E-state index contributed by atoms with van der Waals surface area (Å²) in [5.41, 5.74) is 0. The highest BCUT2D eigenvalue weighted by atomic mass is 79.9. The summed E-state index contributed by atoms with van der Waals surface area (Å²) in [6.07, 6.45) is 0. The van der Waals surface area contributed by atoms with Crippen LogP contribution in [-0.4, -0.2) is 24.7 Å². The van der Waals surface area contributed by atoms with Crippen molar-refractivity contribution in [2.24, 2.45) is 0 Å². The third-order valence-electron chi connectivity index (χ3n) is 2.43. The van der Waals surface area contributed by atoms with Gasteiger partial charge in [0.05, 0.1) is 3.79 Å². The van der Waals surface area contributed by atoms with E-state index in [4.69, 9.17) is 0 Å². The summed E-state index contributed by atoms with van der Waals surface area (Å²) in [5.74, 6) is 0. The predicted octanol–water partition coefficient (Wildman–Crippen LogP) is 2.97. The molecule has 0 saturated carbocycles. The zero-order chi connectivity index (χ0) is 15.6. The molecule has 0 amide bonds. The molecule has 0 saturated heterocycles. The molecule has 2 aromatic rings. The standard InChI is InChI=1S/C11H15BrN4O2S3/c1-6(2)13-5-8-4-9(10(12)20-8)21(17,18)16-11-15-14-7(3)19-11/h4,6,13H,5H2,1-3H3,(H,15,16). The SMILES string of the molecule is Cc1nnc(NS(=O)(=O)c2cc(CNC(C)C)sc2Br)s1. The summed E-state index contributed by atoms with van der Waals surface area (Å²) in [4.78, 5) is 1.17. The number of aryl methyl sites for hydroxylation is 1. The van der Waals surface area contributed by atoms with Crippen molar-refractivity contribution in [1.29, 1.82) is 0 Å². The number of nitrogens with zero attached hydrogens (tertiary/aromatic N) is 2. The quantitative estimate of drug-likeness (QED) is 0.764. The Hall–Kier alpha value is -0.550. The molecule has 2 rings (SSSR count). The van der Waals surface area contributed by atoms with Gasteiger partial charge in [0.2, 0.25) is 5.13 Å². The van der Waals surface area contributed by atoms with Crippen LogP contribution in [0.15, 0.2) is 14.7 Å². The first-order valence-electron chi connectivity index (χ1n) is 6.12. The lowest BCUT2D eigenvalue weighted by Crippen LogP contribution is -2.21. The number of aromatic nitrogens is 2. The minimum Gasteiger partial charge on any atom is -0.310 e. The monoisotopic (exact) mass is 410 g/mol. The van der Waals surface area contributed by atoms with Crippen LogP contribution < -0.4 is 10.0 Å². The maximum atomic E-state index is 12.4. The third kappa shape index (κ3) is 4.46. The Morgan fingerprint density at radius 2 is 2.05 bits per heavy atom. The van der Waals surface area contributed by atoms with Crippen molar-refractivity contribution >= 4 is 53.8 Å². The van der Waals surface area contributed by atoms with Gasteiger partial charge < -0.3 is 5.32 Å². The third-order valence-corrected chi connectivity index (χ3v) is 6.90. The van der Waals surface area contributed by atoms with Crippen LogP contribution in [0.3, 0.4) is 0 Å². The van der Waals surface area contributed by atoms with Crippen LogP contribution in [0.1, 0.15) is 23.7 Å². The van der Waals surface area contributed by atoms with Crippen LogP contribution in [0.5, 0.6) is 0 Å². The molecule has 2 aromatic heterocycles. The fourth-order valence-corrected chi connectivity index (χ4v) is 5.94. The van der Waals surface area contributed by atoms with Crippen LogP contribution in [0.4, 0.5) is 5.13 Å². The molecule has 0 radical (unpaired) electrons. The van der Waals surface area contributed by atoms with Crippen molar-refractivity contribution in [3.8, 4) is 0 Å². The van der Waals surface area contributed by atoms with Crippen molar-refractivity contribution < 1.29 is 8.42 Å². The van der Waals surface area contributed by atoms with Crippen molar-refractivity contribution in [1.82, 2.24) is 15.5 Å². The Balaban J connectivity index is 2.19. The van der Waals surface area contributed by atoms with Gasteiger partial charge in [-0.3, -0.25) is 4.72 Å². The molecule has 0 aliphatic carbocycles. The molecule has 116 valence electrons. The summed E-state index contributed by atoms with van der Waals surface area (Å²) >= 11 is 5.92. The molecule has 21 heavy (non-hydrogen) atoms. The summed E-state index contributed by atoms with van der Waals surface area (Å²) in [6, 6.07) is 2.01. The average Bonchev–Trinajstić information content (AvgIpc) is 2.93. The van der Waals surface area contributed by atoms with Crippen molar-refractivity contribution in [2.45, 2.75) is 38.3 Å². The highest BCUT2D eigenvalue weighted by molar-refractivity contribution is 9.11. The summed E-state index contributed by atoms with van der Waals surface area (Å²) < 4.78 is 27.8. The van der Waals surface area contributed by atoms with E-state index >= 15 is 0 Å². The predicted molar refractivity (Wildman–Crippen MR) is 89.4 cm³/mol. The second-order valence-electron chi connectivity index (χ2n) is 4.62. The number of hydrogen-bond donors (Lipinski definition) is 2. The van der Waals surface area contributed by atoms with E-state index in [0.29, 0.717) is 21.4 Å². The number of rotatable bonds is 6. The second kappa shape index (κ2) is 6.69. The Morgan fingerprint density at radius 3 is 2.62 bits per heavy atom. The van der Waals surface area contributed by atoms with Crippen LogP contribution in [-0.2, 0) is 16.6 Å².